The van der Waals surface area contributed by atoms with Gasteiger partial charge >= 0.3 is 11.9 Å². The Morgan fingerprint density at radius 1 is 1.18 bits per heavy atom. The molecule has 178 valence electrons. The second-order valence-electron chi connectivity index (χ2n) is 7.65. The quantitative estimate of drug-likeness (QED) is 0.241. The van der Waals surface area contributed by atoms with E-state index >= 15 is 0 Å². The summed E-state index contributed by atoms with van der Waals surface area (Å²) in [6, 6.07) is 13.6. The van der Waals surface area contributed by atoms with Gasteiger partial charge in [-0.15, -0.1) is 11.3 Å². The molecule has 0 fully saturated rings. The first-order valence-electron chi connectivity index (χ1n) is 10.6. The third-order valence-electron chi connectivity index (χ3n) is 4.48. The summed E-state index contributed by atoms with van der Waals surface area (Å²) in [5, 5.41) is 3.89. The summed E-state index contributed by atoms with van der Waals surface area (Å²) < 4.78 is 16.9. The molecule has 2 unspecified atom stereocenters. The molecule has 1 heterocycles. The van der Waals surface area contributed by atoms with Gasteiger partial charge in [0.05, 0.1) is 11.8 Å². The number of para-hydroxylation sites is 2. The number of hydrogen-bond donors (Lipinski definition) is 1. The van der Waals surface area contributed by atoms with Crippen LogP contribution in [0.5, 0.6) is 5.75 Å². The first kappa shape index (κ1) is 25.4. The number of thiophene rings is 1. The molecule has 7 nitrogen and oxygen atoms in total. The number of ether oxygens (including phenoxy) is 2. The van der Waals surface area contributed by atoms with Gasteiger partial charge in [0.2, 0.25) is 5.75 Å². The number of nitrogens with one attached hydrogen (secondary N) is 1. The van der Waals surface area contributed by atoms with Crippen molar-refractivity contribution in [2.75, 3.05) is 11.9 Å². The first-order valence-corrected chi connectivity index (χ1v) is 12.7. The van der Waals surface area contributed by atoms with Crippen LogP contribution in [0.4, 0.5) is 5.69 Å². The van der Waals surface area contributed by atoms with E-state index < -0.39 is 26.0 Å². The maximum Gasteiger partial charge on any atom is 0.348 e. The maximum atomic E-state index is 12.7. The molecule has 3 aromatic rings. The van der Waals surface area contributed by atoms with Crippen LogP contribution in [0.25, 0.3) is 10.1 Å². The van der Waals surface area contributed by atoms with Crippen molar-refractivity contribution in [2.24, 2.45) is 0 Å². The second-order valence-corrected chi connectivity index (χ2v) is 9.74. The molecular weight excluding hydrogens is 473 g/mol. The highest BCUT2D eigenvalue weighted by molar-refractivity contribution is 7.45. The van der Waals surface area contributed by atoms with Crippen molar-refractivity contribution in [1.82, 2.24) is 0 Å². The number of carbonyl (C=O) groups is 2. The Bertz CT molecular complexity index is 1220. The van der Waals surface area contributed by atoms with Crippen molar-refractivity contribution in [1.29, 1.82) is 0 Å². The molecule has 0 bridgehead atoms. The molecule has 0 aliphatic carbocycles. The van der Waals surface area contributed by atoms with Crippen molar-refractivity contribution in [3.05, 3.63) is 71.6 Å². The summed E-state index contributed by atoms with van der Waals surface area (Å²) >= 11 is 1.33. The highest BCUT2D eigenvalue weighted by Crippen LogP contribution is 2.32. The van der Waals surface area contributed by atoms with Gasteiger partial charge in [0.15, 0.2) is 5.80 Å². The zero-order chi connectivity index (χ0) is 24.7. The van der Waals surface area contributed by atoms with E-state index in [1.807, 2.05) is 18.2 Å². The lowest BCUT2D eigenvalue weighted by Gasteiger charge is -2.17. The fourth-order valence-corrected chi connectivity index (χ4v) is 4.73. The van der Waals surface area contributed by atoms with Crippen LogP contribution in [0.1, 0.15) is 36.0 Å². The van der Waals surface area contributed by atoms with Gasteiger partial charge in [-0.3, -0.25) is 4.52 Å². The van der Waals surface area contributed by atoms with Crippen molar-refractivity contribution >= 4 is 52.8 Å². The molecule has 0 saturated carbocycles. The predicted octanol–water partition coefficient (Wildman–Crippen LogP) is 4.90. The number of anilines is 1. The second kappa shape index (κ2) is 11.8. The molecule has 1 N–H and O–H groups in total. The highest BCUT2D eigenvalue weighted by atomic mass is 32.1. The minimum Gasteiger partial charge on any atom is -0.595 e. The third kappa shape index (κ3) is 6.90. The molecule has 0 radical (unpaired) electrons. The van der Waals surface area contributed by atoms with E-state index in [0.717, 1.165) is 10.1 Å². The van der Waals surface area contributed by atoms with Gasteiger partial charge in [-0.1, -0.05) is 24.8 Å². The van der Waals surface area contributed by atoms with Gasteiger partial charge < -0.3 is 19.7 Å². The van der Waals surface area contributed by atoms with Crippen LogP contribution in [-0.2, 0) is 14.3 Å². The predicted molar refractivity (Wildman–Crippen MR) is 136 cm³/mol. The zero-order valence-corrected chi connectivity index (χ0v) is 20.9. The molecule has 2 atom stereocenters. The van der Waals surface area contributed by atoms with Crippen LogP contribution in [0.3, 0.4) is 0 Å². The van der Waals surface area contributed by atoms with E-state index in [4.69, 9.17) is 14.0 Å². The number of benzene rings is 2. The molecule has 1 aromatic heterocycles. The van der Waals surface area contributed by atoms with Crippen molar-refractivity contribution in [2.45, 2.75) is 32.9 Å². The summed E-state index contributed by atoms with van der Waals surface area (Å²) in [4.78, 5) is 37.4. The lowest BCUT2D eigenvalue weighted by molar-refractivity contribution is -0.165. The largest absolute Gasteiger partial charge is 0.595 e. The van der Waals surface area contributed by atoms with E-state index in [9.17, 15) is 14.5 Å². The van der Waals surface area contributed by atoms with E-state index in [2.05, 4.69) is 11.9 Å². The summed E-state index contributed by atoms with van der Waals surface area (Å²) in [6.45, 7) is 8.93. The Hall–Kier alpha value is -3.19. The van der Waals surface area contributed by atoms with Crippen LogP contribution in [0.2, 0.25) is 0 Å². The number of carbonyl (C=O) groups excluding carboxylic acids is 2. The molecule has 34 heavy (non-hydrogen) atoms. The minimum absolute atomic E-state index is 0.151. The SMILES string of the molecule is C=CCOC(=O)c1cc2cc(/C=[P+](\[O-])Oc3ccccc3NC(C)C(=O)OC(C)C)ccc2s1. The molecule has 0 aliphatic rings. The van der Waals surface area contributed by atoms with Gasteiger partial charge in [-0.25, -0.2) is 9.59 Å². The molecule has 9 heteroatoms. The molecule has 0 aliphatic heterocycles. The van der Waals surface area contributed by atoms with E-state index in [1.165, 1.54) is 23.2 Å². The van der Waals surface area contributed by atoms with E-state index in [-0.39, 0.29) is 12.7 Å². The fourth-order valence-electron chi connectivity index (χ4n) is 2.99. The summed E-state index contributed by atoms with van der Waals surface area (Å²) in [6.07, 6.45) is 1.29. The molecule has 2 aromatic carbocycles. The Kier molecular flexibility index (Phi) is 8.82. The average molecular weight is 500 g/mol. The van der Waals surface area contributed by atoms with Crippen LogP contribution >= 0.6 is 19.3 Å². The molecule has 0 spiro atoms. The normalized spacial score (nSPS) is 12.3. The fraction of sp³-hybridized carbons (Fsp3) is 0.240. The Balaban J connectivity index is 1.74. The number of fused-ring (bicyclic) bond motifs is 1. The maximum absolute atomic E-state index is 12.7. The van der Waals surface area contributed by atoms with Gasteiger partial charge in [0.1, 0.15) is 17.5 Å². The van der Waals surface area contributed by atoms with Crippen LogP contribution in [0, 0.1) is 0 Å². The topological polar surface area (TPSA) is 96.9 Å². The van der Waals surface area contributed by atoms with Crippen LogP contribution < -0.4 is 14.7 Å². The Morgan fingerprint density at radius 2 is 1.94 bits per heavy atom. The lowest BCUT2D eigenvalue weighted by Crippen LogP contribution is -2.30. The van der Waals surface area contributed by atoms with E-state index in [1.54, 1.807) is 51.1 Å². The minimum atomic E-state index is -2.20. The lowest BCUT2D eigenvalue weighted by atomic mass is 10.2. The highest BCUT2D eigenvalue weighted by Gasteiger charge is 2.18. The van der Waals surface area contributed by atoms with Crippen molar-refractivity contribution < 1.29 is 28.5 Å². The van der Waals surface area contributed by atoms with E-state index in [0.29, 0.717) is 21.9 Å². The van der Waals surface area contributed by atoms with Gasteiger partial charge in [0.25, 0.3) is 8.00 Å². The van der Waals surface area contributed by atoms with Gasteiger partial charge in [0, 0.05) is 10.3 Å². The van der Waals surface area contributed by atoms with Gasteiger partial charge in [-0.2, -0.15) is 0 Å². The Labute approximate surface area is 203 Å². The Morgan fingerprint density at radius 3 is 2.68 bits per heavy atom. The molecule has 0 amide bonds. The molecule has 3 rings (SSSR count). The average Bonchev–Trinajstić information content (AvgIpc) is 3.21. The summed E-state index contributed by atoms with van der Waals surface area (Å²) in [5.74, 6) is 1.07. The third-order valence-corrected chi connectivity index (χ3v) is 6.46. The number of rotatable bonds is 10. The number of hydrogen-bond acceptors (Lipinski definition) is 8. The summed E-state index contributed by atoms with van der Waals surface area (Å²) in [7, 11) is -2.20. The van der Waals surface area contributed by atoms with Crippen molar-refractivity contribution in [3.8, 4) is 5.75 Å². The standard InChI is InChI=1S/C25H26NO6PS/c1-5-12-30-25(28)23-14-19-13-18(10-11-22(19)34-23)15-33(29)32-21-9-7-6-8-20(21)26-17(4)24(27)31-16(2)3/h5-11,13-17,26H,1,12H2,2-4H3. The van der Waals surface area contributed by atoms with Crippen LogP contribution in [-0.4, -0.2) is 36.5 Å². The molecule has 0 saturated heterocycles. The van der Waals surface area contributed by atoms with Crippen LogP contribution in [0.15, 0.2) is 61.2 Å². The monoisotopic (exact) mass is 499 g/mol. The number of esters is 2. The molecular formula is C25H26NO6PS. The summed E-state index contributed by atoms with van der Waals surface area (Å²) in [5.41, 5.74) is 1.22. The van der Waals surface area contributed by atoms with Crippen molar-refractivity contribution in [3.63, 3.8) is 0 Å². The first-order chi connectivity index (χ1) is 16.3. The van der Waals surface area contributed by atoms with Gasteiger partial charge in [-0.05, 0) is 62.6 Å². The smallest absolute Gasteiger partial charge is 0.348 e. The zero-order valence-electron chi connectivity index (χ0n) is 19.1.